The van der Waals surface area contributed by atoms with E-state index < -0.39 is 6.10 Å². The lowest BCUT2D eigenvalue weighted by molar-refractivity contribution is -0.134. The van der Waals surface area contributed by atoms with Gasteiger partial charge in [-0.3, -0.25) is 9.69 Å². The Morgan fingerprint density at radius 1 is 0.968 bits per heavy atom. The zero-order valence-electron chi connectivity index (χ0n) is 17.8. The van der Waals surface area contributed by atoms with Crippen molar-refractivity contribution in [1.29, 1.82) is 0 Å². The maximum absolute atomic E-state index is 13.2. The molecule has 1 aromatic heterocycles. The van der Waals surface area contributed by atoms with Crippen LogP contribution in [-0.2, 0) is 17.9 Å². The molecule has 2 aromatic carbocycles. The molecule has 1 saturated heterocycles. The normalized spacial score (nSPS) is 16.2. The first-order chi connectivity index (χ1) is 15.2. The fourth-order valence-corrected chi connectivity index (χ4v) is 4.27. The van der Waals surface area contributed by atoms with E-state index in [1.165, 1.54) is 0 Å². The highest BCUT2D eigenvalue weighted by Crippen LogP contribution is 2.30. The van der Waals surface area contributed by atoms with E-state index >= 15 is 0 Å². The first-order valence-electron chi connectivity index (χ1n) is 11.0. The summed E-state index contributed by atoms with van der Waals surface area (Å²) < 4.78 is 5.49. The number of aliphatic hydroxyl groups excluding tert-OH is 1. The number of rotatable bonds is 8. The van der Waals surface area contributed by atoms with Crippen molar-refractivity contribution in [1.82, 2.24) is 9.80 Å². The van der Waals surface area contributed by atoms with Crippen molar-refractivity contribution in [3.63, 3.8) is 0 Å². The van der Waals surface area contributed by atoms with Gasteiger partial charge in [0.05, 0.1) is 25.5 Å². The van der Waals surface area contributed by atoms with Gasteiger partial charge in [-0.15, -0.1) is 0 Å². The zero-order chi connectivity index (χ0) is 21.5. The van der Waals surface area contributed by atoms with Crippen LogP contribution in [0.4, 0.5) is 0 Å². The number of hydrogen-bond acceptors (Lipinski definition) is 4. The molecule has 0 aliphatic carbocycles. The predicted octanol–water partition coefficient (Wildman–Crippen LogP) is 4.25. The lowest BCUT2D eigenvalue weighted by Gasteiger charge is -2.35. The van der Waals surface area contributed by atoms with Crippen molar-refractivity contribution in [2.45, 2.75) is 32.0 Å². The molecule has 1 fully saturated rings. The Balaban J connectivity index is 1.34. The number of piperidine rings is 1. The van der Waals surface area contributed by atoms with Crippen LogP contribution in [0.15, 0.2) is 83.5 Å². The number of amides is 1. The van der Waals surface area contributed by atoms with Gasteiger partial charge in [-0.05, 0) is 55.1 Å². The van der Waals surface area contributed by atoms with Crippen LogP contribution in [0.2, 0.25) is 0 Å². The van der Waals surface area contributed by atoms with Gasteiger partial charge < -0.3 is 14.4 Å². The molecule has 0 saturated carbocycles. The first kappa shape index (κ1) is 21.3. The smallest absolute Gasteiger partial charge is 0.237 e. The molecule has 5 nitrogen and oxygen atoms in total. The summed E-state index contributed by atoms with van der Waals surface area (Å²) in [7, 11) is 0. The van der Waals surface area contributed by atoms with Crippen LogP contribution in [0.5, 0.6) is 0 Å². The maximum atomic E-state index is 13.2. The minimum atomic E-state index is -0.437. The molecule has 1 aliphatic heterocycles. The Morgan fingerprint density at radius 3 is 2.29 bits per heavy atom. The lowest BCUT2D eigenvalue weighted by atomic mass is 9.87. The SMILES string of the molecule is O=C(CN1CCC(C(O)c2ccccc2)CC1)N(Cc1ccccc1)Cc1ccco1. The third-order valence-corrected chi connectivity index (χ3v) is 6.07. The molecule has 0 bridgehead atoms. The molecule has 162 valence electrons. The van der Waals surface area contributed by atoms with Gasteiger partial charge in [-0.2, -0.15) is 0 Å². The van der Waals surface area contributed by atoms with Crippen molar-refractivity contribution in [3.8, 4) is 0 Å². The maximum Gasteiger partial charge on any atom is 0.237 e. The van der Waals surface area contributed by atoms with Crippen LogP contribution in [0.1, 0.15) is 35.8 Å². The van der Waals surface area contributed by atoms with E-state index in [0.29, 0.717) is 19.6 Å². The molecule has 0 radical (unpaired) electrons. The van der Waals surface area contributed by atoms with Crippen molar-refractivity contribution in [3.05, 3.63) is 95.9 Å². The molecule has 1 atom stereocenters. The number of nitrogens with zero attached hydrogens (tertiary/aromatic N) is 2. The second-order valence-corrected chi connectivity index (χ2v) is 8.28. The molecule has 0 spiro atoms. The average molecular weight is 419 g/mol. The Labute approximate surface area is 183 Å². The highest BCUT2D eigenvalue weighted by molar-refractivity contribution is 5.78. The van der Waals surface area contributed by atoms with Gasteiger partial charge in [0.2, 0.25) is 5.91 Å². The monoisotopic (exact) mass is 418 g/mol. The lowest BCUT2D eigenvalue weighted by Crippen LogP contribution is -2.43. The number of hydrogen-bond donors (Lipinski definition) is 1. The van der Waals surface area contributed by atoms with Crippen LogP contribution >= 0.6 is 0 Å². The highest BCUT2D eigenvalue weighted by Gasteiger charge is 2.28. The highest BCUT2D eigenvalue weighted by atomic mass is 16.3. The van der Waals surface area contributed by atoms with Crippen molar-refractivity contribution in [2.24, 2.45) is 5.92 Å². The number of benzene rings is 2. The predicted molar refractivity (Wildman–Crippen MR) is 120 cm³/mol. The minimum Gasteiger partial charge on any atom is -0.467 e. The standard InChI is InChI=1S/C26H30N2O3/c29-25(28(19-24-12-7-17-31-24)18-21-8-3-1-4-9-21)20-27-15-13-23(14-16-27)26(30)22-10-5-2-6-11-22/h1-12,17,23,26,30H,13-16,18-20H2. The molecule has 31 heavy (non-hydrogen) atoms. The van der Waals surface area contributed by atoms with Crippen LogP contribution in [0.25, 0.3) is 0 Å². The molecule has 2 heterocycles. The van der Waals surface area contributed by atoms with Crippen LogP contribution in [0.3, 0.4) is 0 Å². The van der Waals surface area contributed by atoms with Crippen molar-refractivity contribution >= 4 is 5.91 Å². The van der Waals surface area contributed by atoms with E-state index in [4.69, 9.17) is 4.42 Å². The quantitative estimate of drug-likeness (QED) is 0.594. The Morgan fingerprint density at radius 2 is 1.65 bits per heavy atom. The third-order valence-electron chi connectivity index (χ3n) is 6.07. The van der Waals surface area contributed by atoms with Gasteiger partial charge in [-0.1, -0.05) is 60.7 Å². The molecule has 1 unspecified atom stereocenters. The summed E-state index contributed by atoms with van der Waals surface area (Å²) in [6.45, 7) is 3.05. The van der Waals surface area contributed by atoms with E-state index in [2.05, 4.69) is 4.90 Å². The third kappa shape index (κ3) is 5.84. The van der Waals surface area contributed by atoms with Crippen LogP contribution in [0, 0.1) is 5.92 Å². The molecule has 1 N–H and O–H groups in total. The summed E-state index contributed by atoms with van der Waals surface area (Å²) >= 11 is 0. The van der Waals surface area contributed by atoms with Gasteiger partial charge in [0.1, 0.15) is 5.76 Å². The molecule has 3 aromatic rings. The zero-order valence-corrected chi connectivity index (χ0v) is 17.8. The Hall–Kier alpha value is -2.89. The second-order valence-electron chi connectivity index (χ2n) is 8.28. The van der Waals surface area contributed by atoms with Crippen LogP contribution in [-0.4, -0.2) is 40.4 Å². The van der Waals surface area contributed by atoms with Gasteiger partial charge in [0.25, 0.3) is 0 Å². The fourth-order valence-electron chi connectivity index (χ4n) is 4.27. The Bertz CT molecular complexity index is 920. The van der Waals surface area contributed by atoms with E-state index in [1.54, 1.807) is 6.26 Å². The van der Waals surface area contributed by atoms with E-state index in [-0.39, 0.29) is 11.8 Å². The van der Waals surface area contributed by atoms with Gasteiger partial charge in [0, 0.05) is 6.54 Å². The largest absolute Gasteiger partial charge is 0.467 e. The van der Waals surface area contributed by atoms with Crippen molar-refractivity contribution < 1.29 is 14.3 Å². The molecule has 1 aliphatic rings. The number of furan rings is 1. The van der Waals surface area contributed by atoms with Crippen LogP contribution < -0.4 is 0 Å². The number of carbonyl (C=O) groups is 1. The molecular formula is C26H30N2O3. The summed E-state index contributed by atoms with van der Waals surface area (Å²) in [5, 5.41) is 10.7. The molecule has 5 heteroatoms. The summed E-state index contributed by atoms with van der Waals surface area (Å²) in [6.07, 6.45) is 2.98. The van der Waals surface area contributed by atoms with Crippen molar-refractivity contribution in [2.75, 3.05) is 19.6 Å². The number of carbonyl (C=O) groups excluding carboxylic acids is 1. The summed E-state index contributed by atoms with van der Waals surface area (Å²) in [5.74, 6) is 1.12. The minimum absolute atomic E-state index is 0.0994. The number of likely N-dealkylation sites (tertiary alicyclic amines) is 1. The Kier molecular flexibility index (Phi) is 7.18. The molecule has 1 amide bonds. The topological polar surface area (TPSA) is 56.9 Å². The molecule has 4 rings (SSSR count). The van der Waals surface area contributed by atoms with E-state index in [1.807, 2.05) is 77.7 Å². The summed E-state index contributed by atoms with van der Waals surface area (Å²) in [6, 6.07) is 23.7. The van der Waals surface area contributed by atoms with E-state index in [9.17, 15) is 9.90 Å². The average Bonchev–Trinajstić information content (AvgIpc) is 3.33. The molecular weight excluding hydrogens is 388 g/mol. The van der Waals surface area contributed by atoms with E-state index in [0.717, 1.165) is 42.8 Å². The summed E-state index contributed by atoms with van der Waals surface area (Å²) in [5.41, 5.74) is 2.08. The first-order valence-corrected chi connectivity index (χ1v) is 11.0. The van der Waals surface area contributed by atoms with Gasteiger partial charge >= 0.3 is 0 Å². The second kappa shape index (κ2) is 10.4. The fraction of sp³-hybridized carbons (Fsp3) is 0.346. The van der Waals surface area contributed by atoms with Gasteiger partial charge in [-0.25, -0.2) is 0 Å². The summed E-state index contributed by atoms with van der Waals surface area (Å²) in [4.78, 5) is 17.2. The number of aliphatic hydroxyl groups is 1. The van der Waals surface area contributed by atoms with Gasteiger partial charge in [0.15, 0.2) is 0 Å².